The van der Waals surface area contributed by atoms with Crippen molar-refractivity contribution >= 4 is 0 Å². The average Bonchev–Trinajstić information content (AvgIpc) is 2.95. The zero-order valence-corrected chi connectivity index (χ0v) is 11.2. The van der Waals surface area contributed by atoms with E-state index >= 15 is 0 Å². The van der Waals surface area contributed by atoms with Crippen LogP contribution in [-0.2, 0) is 6.42 Å². The summed E-state index contributed by atoms with van der Waals surface area (Å²) >= 11 is 0. The highest BCUT2D eigenvalue weighted by atomic mass is 16.5. The molecule has 1 aromatic heterocycles. The van der Waals surface area contributed by atoms with Gasteiger partial charge in [-0.25, -0.2) is 0 Å². The van der Waals surface area contributed by atoms with Gasteiger partial charge in [0.15, 0.2) is 5.82 Å². The second-order valence-electron chi connectivity index (χ2n) is 5.15. The zero-order valence-electron chi connectivity index (χ0n) is 11.2. The summed E-state index contributed by atoms with van der Waals surface area (Å²) in [6.45, 7) is 2.02. The summed E-state index contributed by atoms with van der Waals surface area (Å²) in [5.74, 6) is 1.60. The van der Waals surface area contributed by atoms with Gasteiger partial charge < -0.3 is 10.3 Å². The molecule has 2 unspecified atom stereocenters. The molecule has 4 nitrogen and oxygen atoms in total. The van der Waals surface area contributed by atoms with Crippen molar-refractivity contribution in [2.24, 2.45) is 5.73 Å². The third kappa shape index (κ3) is 2.28. The fraction of sp³-hybridized carbons (Fsp3) is 0.467. The Bertz CT molecular complexity index is 564. The summed E-state index contributed by atoms with van der Waals surface area (Å²) in [5, 5.41) is 4.14. The number of fused-ring (bicyclic) bond motifs is 1. The molecule has 0 radical (unpaired) electrons. The van der Waals surface area contributed by atoms with E-state index in [0.717, 1.165) is 25.1 Å². The lowest BCUT2D eigenvalue weighted by Gasteiger charge is -2.22. The van der Waals surface area contributed by atoms with Crippen molar-refractivity contribution in [3.63, 3.8) is 0 Å². The summed E-state index contributed by atoms with van der Waals surface area (Å²) in [7, 11) is 0. The van der Waals surface area contributed by atoms with E-state index in [4.69, 9.17) is 10.3 Å². The molecule has 0 spiro atoms. The molecule has 0 bridgehead atoms. The number of benzene rings is 1. The third-order valence-electron chi connectivity index (χ3n) is 3.90. The van der Waals surface area contributed by atoms with Crippen LogP contribution in [0.15, 0.2) is 28.8 Å². The van der Waals surface area contributed by atoms with Gasteiger partial charge in [-0.3, -0.25) is 0 Å². The summed E-state index contributed by atoms with van der Waals surface area (Å²) in [5.41, 5.74) is 8.68. The Morgan fingerprint density at radius 1 is 1.42 bits per heavy atom. The minimum absolute atomic E-state index is 0.153. The summed E-state index contributed by atoms with van der Waals surface area (Å²) < 4.78 is 5.30. The molecular weight excluding hydrogens is 238 g/mol. The molecule has 100 valence electrons. The molecule has 3 rings (SSSR count). The minimum Gasteiger partial charge on any atom is -0.338 e. The maximum absolute atomic E-state index is 5.94. The van der Waals surface area contributed by atoms with Crippen LogP contribution in [0.4, 0.5) is 0 Å². The fourth-order valence-corrected chi connectivity index (χ4v) is 2.74. The quantitative estimate of drug-likeness (QED) is 0.918. The van der Waals surface area contributed by atoms with Gasteiger partial charge in [-0.1, -0.05) is 36.3 Å². The number of nitrogens with two attached hydrogens (primary N) is 1. The largest absolute Gasteiger partial charge is 0.338 e. The number of hydrogen-bond acceptors (Lipinski definition) is 4. The maximum Gasteiger partial charge on any atom is 0.243 e. The highest BCUT2D eigenvalue weighted by molar-refractivity contribution is 5.36. The summed E-state index contributed by atoms with van der Waals surface area (Å²) in [6, 6.07) is 8.39. The van der Waals surface area contributed by atoms with Crippen LogP contribution in [0.1, 0.15) is 61.0 Å². The molecule has 1 aliphatic rings. The molecule has 2 N–H and O–H groups in total. The molecule has 0 saturated carbocycles. The first-order valence-corrected chi connectivity index (χ1v) is 6.96. The Kier molecular flexibility index (Phi) is 3.34. The molecular formula is C15H19N3O. The molecule has 4 heteroatoms. The van der Waals surface area contributed by atoms with Crippen LogP contribution in [0.3, 0.4) is 0 Å². The van der Waals surface area contributed by atoms with E-state index in [1.165, 1.54) is 17.5 Å². The number of nitrogens with zero attached hydrogens (tertiary/aromatic N) is 2. The first kappa shape index (κ1) is 12.4. The highest BCUT2D eigenvalue weighted by Crippen LogP contribution is 2.35. The lowest BCUT2D eigenvalue weighted by atomic mass is 9.82. The Morgan fingerprint density at radius 2 is 2.26 bits per heavy atom. The Morgan fingerprint density at radius 3 is 3.11 bits per heavy atom. The van der Waals surface area contributed by atoms with Crippen molar-refractivity contribution in [1.82, 2.24) is 10.1 Å². The van der Waals surface area contributed by atoms with E-state index in [1.54, 1.807) is 0 Å². The van der Waals surface area contributed by atoms with Crippen LogP contribution >= 0.6 is 0 Å². The lowest BCUT2D eigenvalue weighted by molar-refractivity contribution is 0.346. The van der Waals surface area contributed by atoms with Crippen molar-refractivity contribution in [2.45, 2.75) is 44.6 Å². The number of rotatable bonds is 3. The normalized spacial score (nSPS) is 20.0. The van der Waals surface area contributed by atoms with Gasteiger partial charge >= 0.3 is 0 Å². The van der Waals surface area contributed by atoms with E-state index in [0.29, 0.717) is 5.89 Å². The van der Waals surface area contributed by atoms with Crippen LogP contribution in [0.25, 0.3) is 0 Å². The first-order valence-electron chi connectivity index (χ1n) is 6.96. The van der Waals surface area contributed by atoms with Gasteiger partial charge in [-0.2, -0.15) is 4.98 Å². The molecule has 0 amide bonds. The third-order valence-corrected chi connectivity index (χ3v) is 3.90. The monoisotopic (exact) mass is 257 g/mol. The van der Waals surface area contributed by atoms with Gasteiger partial charge in [-0.05, 0) is 36.8 Å². The van der Waals surface area contributed by atoms with Gasteiger partial charge in [0.05, 0.1) is 6.04 Å². The van der Waals surface area contributed by atoms with Crippen molar-refractivity contribution in [3.8, 4) is 0 Å². The zero-order chi connectivity index (χ0) is 13.2. The van der Waals surface area contributed by atoms with Crippen molar-refractivity contribution < 1.29 is 4.52 Å². The van der Waals surface area contributed by atoms with Crippen LogP contribution in [0.2, 0.25) is 0 Å². The van der Waals surface area contributed by atoms with E-state index in [-0.39, 0.29) is 12.0 Å². The van der Waals surface area contributed by atoms with E-state index < -0.39 is 0 Å². The maximum atomic E-state index is 5.94. The van der Waals surface area contributed by atoms with E-state index in [1.807, 2.05) is 6.92 Å². The van der Waals surface area contributed by atoms with Gasteiger partial charge in [0.1, 0.15) is 0 Å². The smallest absolute Gasteiger partial charge is 0.243 e. The Labute approximate surface area is 113 Å². The second-order valence-corrected chi connectivity index (χ2v) is 5.15. The molecule has 2 atom stereocenters. The molecule has 0 fully saturated rings. The SMILES string of the molecule is CCC(N)c1nc(C2CCCc3ccccc32)no1. The minimum atomic E-state index is -0.153. The topological polar surface area (TPSA) is 64.9 Å². The summed E-state index contributed by atoms with van der Waals surface area (Å²) in [4.78, 5) is 4.50. The van der Waals surface area contributed by atoms with Crippen LogP contribution < -0.4 is 5.73 Å². The molecule has 1 aliphatic carbocycles. The van der Waals surface area contributed by atoms with Gasteiger partial charge in [0.2, 0.25) is 5.89 Å². The molecule has 1 aromatic carbocycles. The standard InChI is InChI=1S/C15H19N3O/c1-2-13(16)15-17-14(18-19-15)12-9-5-7-10-6-3-4-8-11(10)12/h3-4,6,8,12-13H,2,5,7,9,16H2,1H3. The highest BCUT2D eigenvalue weighted by Gasteiger charge is 2.26. The van der Waals surface area contributed by atoms with Gasteiger partial charge in [0, 0.05) is 5.92 Å². The number of aryl methyl sites for hydroxylation is 1. The molecule has 2 aromatic rings. The molecule has 0 aliphatic heterocycles. The van der Waals surface area contributed by atoms with Gasteiger partial charge in [0.25, 0.3) is 0 Å². The van der Waals surface area contributed by atoms with E-state index in [9.17, 15) is 0 Å². The first-order chi connectivity index (χ1) is 9.29. The van der Waals surface area contributed by atoms with Crippen molar-refractivity contribution in [3.05, 3.63) is 47.1 Å². The number of hydrogen-bond donors (Lipinski definition) is 1. The van der Waals surface area contributed by atoms with Crippen molar-refractivity contribution in [1.29, 1.82) is 0 Å². The van der Waals surface area contributed by atoms with E-state index in [2.05, 4.69) is 34.4 Å². The fourth-order valence-electron chi connectivity index (χ4n) is 2.74. The molecule has 19 heavy (non-hydrogen) atoms. The molecule has 0 saturated heterocycles. The Hall–Kier alpha value is -1.68. The predicted molar refractivity (Wildman–Crippen MR) is 72.7 cm³/mol. The summed E-state index contributed by atoms with van der Waals surface area (Å²) in [6.07, 6.45) is 4.21. The second kappa shape index (κ2) is 5.13. The van der Waals surface area contributed by atoms with Gasteiger partial charge in [-0.15, -0.1) is 0 Å². The van der Waals surface area contributed by atoms with Crippen LogP contribution in [-0.4, -0.2) is 10.1 Å². The number of aromatic nitrogens is 2. The van der Waals surface area contributed by atoms with Crippen LogP contribution in [0.5, 0.6) is 0 Å². The Balaban J connectivity index is 1.93. The molecule has 1 heterocycles. The predicted octanol–water partition coefficient (Wildman–Crippen LogP) is 2.95. The lowest BCUT2D eigenvalue weighted by Crippen LogP contribution is -2.13. The van der Waals surface area contributed by atoms with Crippen LogP contribution in [0, 0.1) is 0 Å². The van der Waals surface area contributed by atoms with Crippen molar-refractivity contribution in [2.75, 3.05) is 0 Å². The average molecular weight is 257 g/mol.